The Morgan fingerprint density at radius 1 is 0.803 bits per heavy atom. The molecule has 61 heavy (non-hydrogen) atoms. The summed E-state index contributed by atoms with van der Waals surface area (Å²) in [4.78, 5) is 64.0. The maximum Gasteiger partial charge on any atom is 0.407 e. The Morgan fingerprint density at radius 3 is 2.07 bits per heavy atom. The lowest BCUT2D eigenvalue weighted by Crippen LogP contribution is -2.63. The van der Waals surface area contributed by atoms with Crippen LogP contribution in [-0.2, 0) is 35.1 Å². The fraction of sp³-hybridized carbons (Fsp3) is 0.400. The fourth-order valence-electron chi connectivity index (χ4n) is 7.86. The van der Waals surface area contributed by atoms with Gasteiger partial charge in [0.15, 0.2) is 6.29 Å². The van der Waals surface area contributed by atoms with Gasteiger partial charge < -0.3 is 14.8 Å². The van der Waals surface area contributed by atoms with Crippen molar-refractivity contribution in [3.8, 4) is 11.1 Å². The average Bonchev–Trinajstić information content (AvgIpc) is 3.59. The molecule has 3 atom stereocenters. The molecule has 6 rings (SSSR count). The van der Waals surface area contributed by atoms with E-state index in [0.29, 0.717) is 19.4 Å². The van der Waals surface area contributed by atoms with Crippen LogP contribution in [0.25, 0.3) is 17.2 Å². The van der Waals surface area contributed by atoms with Crippen LogP contribution < -0.4 is 10.8 Å². The van der Waals surface area contributed by atoms with Crippen LogP contribution in [0, 0.1) is 11.8 Å². The molecule has 322 valence electrons. The molecule has 0 saturated carbocycles. The van der Waals surface area contributed by atoms with Crippen molar-refractivity contribution in [3.63, 3.8) is 0 Å². The summed E-state index contributed by atoms with van der Waals surface area (Å²) in [5, 5.41) is 5.56. The smallest absolute Gasteiger partial charge is 0.407 e. The number of carbonyl (C=O) groups excluding carboxylic acids is 4. The highest BCUT2D eigenvalue weighted by Crippen LogP contribution is 2.44. The van der Waals surface area contributed by atoms with Crippen molar-refractivity contribution < 1.29 is 33.5 Å². The molecule has 0 bridgehead atoms. The zero-order valence-electron chi connectivity index (χ0n) is 35.8. The predicted molar refractivity (Wildman–Crippen MR) is 236 cm³/mol. The highest BCUT2D eigenvalue weighted by Gasteiger charge is 2.40. The van der Waals surface area contributed by atoms with Crippen LogP contribution in [0.1, 0.15) is 94.4 Å². The summed E-state index contributed by atoms with van der Waals surface area (Å²) in [7, 11) is 0. The number of benzene rings is 4. The van der Waals surface area contributed by atoms with Gasteiger partial charge in [-0.15, -0.1) is 0 Å². The number of fused-ring (bicyclic) bond motifs is 3. The minimum atomic E-state index is -1.20. The first-order valence-corrected chi connectivity index (χ1v) is 21.7. The molecule has 0 unspecified atom stereocenters. The minimum Gasteiger partial charge on any atom is -0.449 e. The quantitative estimate of drug-likeness (QED) is 0.0961. The molecular weight excluding hydrogens is 769 g/mol. The van der Waals surface area contributed by atoms with Gasteiger partial charge in [-0.05, 0) is 70.9 Å². The first-order valence-electron chi connectivity index (χ1n) is 21.7. The summed E-state index contributed by atoms with van der Waals surface area (Å²) >= 11 is 0. The molecule has 0 aromatic heterocycles. The molecule has 4 aromatic rings. The van der Waals surface area contributed by atoms with E-state index in [1.54, 1.807) is 0 Å². The third-order valence-corrected chi connectivity index (χ3v) is 11.0. The molecular formula is C50H60N4O7. The number of nitrogens with one attached hydrogen (secondary N) is 2. The highest BCUT2D eigenvalue weighted by molar-refractivity contribution is 5.92. The van der Waals surface area contributed by atoms with E-state index in [2.05, 4.69) is 22.9 Å². The zero-order valence-corrected chi connectivity index (χ0v) is 35.8. The molecule has 2 aliphatic rings. The predicted octanol–water partition coefficient (Wildman–Crippen LogP) is 8.85. The number of hydroxylamine groups is 1. The summed E-state index contributed by atoms with van der Waals surface area (Å²) < 4.78 is 11.7. The van der Waals surface area contributed by atoms with Gasteiger partial charge in [-0.1, -0.05) is 149 Å². The molecule has 1 saturated heterocycles. The van der Waals surface area contributed by atoms with Gasteiger partial charge in [0, 0.05) is 38.3 Å². The number of ether oxygens (including phenoxy) is 2. The lowest BCUT2D eigenvalue weighted by molar-refractivity contribution is -0.206. The number of amides is 4. The van der Waals surface area contributed by atoms with E-state index in [1.165, 1.54) is 10.0 Å². The summed E-state index contributed by atoms with van der Waals surface area (Å²) in [6, 6.07) is 32.9. The fourth-order valence-corrected chi connectivity index (χ4v) is 7.86. The third kappa shape index (κ3) is 12.4. The van der Waals surface area contributed by atoms with E-state index in [-0.39, 0.29) is 50.2 Å². The van der Waals surface area contributed by atoms with E-state index in [4.69, 9.17) is 14.3 Å². The molecule has 2 N–H and O–H groups in total. The number of nitrogens with zero attached hydrogens (tertiary/aromatic N) is 2. The van der Waals surface area contributed by atoms with Gasteiger partial charge in [0.25, 0.3) is 11.8 Å². The van der Waals surface area contributed by atoms with Crippen LogP contribution in [0.2, 0.25) is 0 Å². The van der Waals surface area contributed by atoms with Crippen LogP contribution in [-0.4, -0.2) is 72.0 Å². The molecule has 0 radical (unpaired) electrons. The van der Waals surface area contributed by atoms with Gasteiger partial charge in [0.2, 0.25) is 5.91 Å². The lowest BCUT2D eigenvalue weighted by atomic mass is 9.98. The standard InChI is InChI=1S/C50H60N4O7/c1-35(2)29-30-46(55)54(45(27-17-22-37-18-7-5-8-19-37)48(56)52-61-47-28-15-16-31-59-47)53(33-36(3)4)49(57)44(32-38-20-9-6-10-21-38)51-50(58)60-34-43-41-25-13-11-23-39(41)40-24-12-14-26-42(40)43/h5-14,17-26,35-36,43-45,47H,15-16,27-34H2,1-4H3,(H,51,58)(H,52,56)/t44-,45+,47-/m1/s1. The normalized spacial score (nSPS) is 15.8. The van der Waals surface area contributed by atoms with E-state index < -0.39 is 42.2 Å². The Kier molecular flexibility index (Phi) is 16.3. The Labute approximate surface area is 360 Å². The van der Waals surface area contributed by atoms with Crippen LogP contribution in [0.5, 0.6) is 0 Å². The first kappa shape index (κ1) is 44.8. The van der Waals surface area contributed by atoms with Crippen molar-refractivity contribution >= 4 is 29.9 Å². The molecule has 1 aliphatic heterocycles. The van der Waals surface area contributed by atoms with Gasteiger partial charge in [-0.3, -0.25) is 14.4 Å². The lowest BCUT2D eigenvalue weighted by Gasteiger charge is -2.42. The van der Waals surface area contributed by atoms with Crippen molar-refractivity contribution in [2.45, 2.75) is 96.9 Å². The SMILES string of the molecule is CC(C)CCC(=O)N([C@@H](CC=Cc1ccccc1)C(=O)NO[C@@H]1CCCCO1)N(CC(C)C)C(=O)[C@@H](Cc1ccccc1)NC(=O)OCC1c2ccccc2-c2ccccc21. The van der Waals surface area contributed by atoms with E-state index >= 15 is 4.79 Å². The second-order valence-electron chi connectivity index (χ2n) is 16.6. The summed E-state index contributed by atoms with van der Waals surface area (Å²) in [6.07, 6.45) is 5.50. The van der Waals surface area contributed by atoms with E-state index in [0.717, 1.165) is 46.2 Å². The Morgan fingerprint density at radius 2 is 1.44 bits per heavy atom. The van der Waals surface area contributed by atoms with Crippen LogP contribution in [0.15, 0.2) is 115 Å². The summed E-state index contributed by atoms with van der Waals surface area (Å²) in [5.41, 5.74) is 8.63. The van der Waals surface area contributed by atoms with Gasteiger partial charge in [0.05, 0.1) is 0 Å². The molecule has 4 amide bonds. The zero-order chi connectivity index (χ0) is 43.1. The maximum atomic E-state index is 15.3. The highest BCUT2D eigenvalue weighted by atomic mass is 16.8. The topological polar surface area (TPSA) is 127 Å². The number of hydrazine groups is 1. The monoisotopic (exact) mass is 828 g/mol. The van der Waals surface area contributed by atoms with Crippen molar-refractivity contribution in [3.05, 3.63) is 138 Å². The van der Waals surface area contributed by atoms with Gasteiger partial charge in [-0.2, -0.15) is 0 Å². The number of hydrogen-bond acceptors (Lipinski definition) is 7. The molecule has 1 fully saturated rings. The molecule has 11 heteroatoms. The van der Waals surface area contributed by atoms with Crippen LogP contribution in [0.4, 0.5) is 4.79 Å². The Hall–Kier alpha value is -5.78. The molecule has 4 aromatic carbocycles. The van der Waals surface area contributed by atoms with Crippen LogP contribution in [0.3, 0.4) is 0 Å². The molecule has 1 heterocycles. The van der Waals surface area contributed by atoms with Crippen molar-refractivity contribution in [2.75, 3.05) is 19.8 Å². The molecule has 11 nitrogen and oxygen atoms in total. The van der Waals surface area contributed by atoms with Gasteiger partial charge in [-0.25, -0.2) is 25.1 Å². The van der Waals surface area contributed by atoms with E-state index in [9.17, 15) is 14.4 Å². The van der Waals surface area contributed by atoms with Gasteiger partial charge in [0.1, 0.15) is 18.7 Å². The molecule has 0 spiro atoms. The maximum absolute atomic E-state index is 15.3. The second-order valence-corrected chi connectivity index (χ2v) is 16.6. The molecule has 1 aliphatic carbocycles. The van der Waals surface area contributed by atoms with Crippen molar-refractivity contribution in [1.29, 1.82) is 0 Å². The summed E-state index contributed by atoms with van der Waals surface area (Å²) in [6.45, 7) is 8.58. The first-order chi connectivity index (χ1) is 29.6. The number of hydrogen-bond donors (Lipinski definition) is 2. The Bertz CT molecular complexity index is 2040. The second kappa shape index (κ2) is 22.2. The number of rotatable bonds is 18. The number of carbonyl (C=O) groups is 4. The van der Waals surface area contributed by atoms with Crippen molar-refractivity contribution in [2.24, 2.45) is 11.8 Å². The van der Waals surface area contributed by atoms with Crippen LogP contribution >= 0.6 is 0 Å². The third-order valence-electron chi connectivity index (χ3n) is 11.0. The average molecular weight is 829 g/mol. The van der Waals surface area contributed by atoms with E-state index in [1.807, 2.05) is 137 Å². The summed E-state index contributed by atoms with van der Waals surface area (Å²) in [5.74, 6) is -1.69. The van der Waals surface area contributed by atoms with Crippen molar-refractivity contribution in [1.82, 2.24) is 20.8 Å². The minimum absolute atomic E-state index is 0.0579. The number of alkyl carbamates (subject to hydrolysis) is 1. The largest absolute Gasteiger partial charge is 0.449 e. The van der Waals surface area contributed by atoms with Gasteiger partial charge >= 0.3 is 6.09 Å². The Balaban J connectivity index is 1.32.